The second-order valence-corrected chi connectivity index (χ2v) is 6.11. The summed E-state index contributed by atoms with van der Waals surface area (Å²) in [6.07, 6.45) is 1.08. The SMILES string of the molecule is C=CCNC(=O)CN1CCN(CC(O)c2ccccc2Cl)CC1. The quantitative estimate of drug-likeness (QED) is 0.736. The lowest BCUT2D eigenvalue weighted by molar-refractivity contribution is -0.122. The molecule has 1 heterocycles. The molecule has 0 bridgehead atoms. The standard InChI is InChI=1S/C17H24ClN3O2/c1-2-7-19-17(23)13-21-10-8-20(9-11-21)12-16(22)14-5-3-4-6-15(14)18/h2-6,16,22H,1,7-13H2,(H,19,23). The minimum atomic E-state index is -0.592. The summed E-state index contributed by atoms with van der Waals surface area (Å²) >= 11 is 6.12. The minimum absolute atomic E-state index is 0.0226. The fraction of sp³-hybridized carbons (Fsp3) is 0.471. The van der Waals surface area contributed by atoms with Crippen LogP contribution in [-0.4, -0.2) is 66.6 Å². The number of β-amino-alcohol motifs (C(OH)–C–C–N with tert-alkyl or cyclic N) is 1. The van der Waals surface area contributed by atoms with Gasteiger partial charge in [-0.3, -0.25) is 14.6 Å². The van der Waals surface area contributed by atoms with Gasteiger partial charge in [0.15, 0.2) is 0 Å². The van der Waals surface area contributed by atoms with Crippen LogP contribution in [0.2, 0.25) is 5.02 Å². The maximum absolute atomic E-state index is 11.7. The summed E-state index contributed by atoms with van der Waals surface area (Å²) in [6, 6.07) is 7.38. The van der Waals surface area contributed by atoms with Crippen molar-refractivity contribution in [2.75, 3.05) is 45.8 Å². The molecule has 1 amide bonds. The molecule has 1 atom stereocenters. The van der Waals surface area contributed by atoms with Crippen molar-refractivity contribution in [3.63, 3.8) is 0 Å². The maximum Gasteiger partial charge on any atom is 0.234 e. The molecule has 0 saturated carbocycles. The zero-order valence-corrected chi connectivity index (χ0v) is 14.0. The highest BCUT2D eigenvalue weighted by Gasteiger charge is 2.21. The summed E-state index contributed by atoms with van der Waals surface area (Å²) < 4.78 is 0. The van der Waals surface area contributed by atoms with E-state index in [1.165, 1.54) is 0 Å². The zero-order chi connectivity index (χ0) is 16.7. The van der Waals surface area contributed by atoms with Crippen LogP contribution in [0.15, 0.2) is 36.9 Å². The highest BCUT2D eigenvalue weighted by atomic mass is 35.5. The Hall–Kier alpha value is -1.40. The van der Waals surface area contributed by atoms with Crippen molar-refractivity contribution in [3.05, 3.63) is 47.5 Å². The Morgan fingerprint density at radius 2 is 1.96 bits per heavy atom. The monoisotopic (exact) mass is 337 g/mol. The molecule has 0 radical (unpaired) electrons. The number of nitrogens with zero attached hydrogens (tertiary/aromatic N) is 2. The predicted octanol–water partition coefficient (Wildman–Crippen LogP) is 1.29. The largest absolute Gasteiger partial charge is 0.387 e. The Kier molecular flexibility index (Phi) is 7.05. The number of hydrogen-bond donors (Lipinski definition) is 2. The Labute approximate surface area is 142 Å². The van der Waals surface area contributed by atoms with Gasteiger partial charge in [-0.1, -0.05) is 35.9 Å². The molecule has 6 heteroatoms. The molecule has 1 unspecified atom stereocenters. The van der Waals surface area contributed by atoms with Crippen LogP contribution in [0.4, 0.5) is 0 Å². The molecule has 2 rings (SSSR count). The van der Waals surface area contributed by atoms with Crippen molar-refractivity contribution in [1.82, 2.24) is 15.1 Å². The van der Waals surface area contributed by atoms with Crippen LogP contribution >= 0.6 is 11.6 Å². The normalized spacial score (nSPS) is 17.7. The number of halogens is 1. The molecule has 1 saturated heterocycles. The van der Waals surface area contributed by atoms with Crippen LogP contribution < -0.4 is 5.32 Å². The fourth-order valence-corrected chi connectivity index (χ4v) is 2.92. The molecular weight excluding hydrogens is 314 g/mol. The summed E-state index contributed by atoms with van der Waals surface area (Å²) in [5, 5.41) is 13.7. The molecule has 126 valence electrons. The minimum Gasteiger partial charge on any atom is -0.387 e. The number of benzene rings is 1. The summed E-state index contributed by atoms with van der Waals surface area (Å²) in [5.74, 6) is 0.0226. The number of aliphatic hydroxyl groups excluding tert-OH is 1. The topological polar surface area (TPSA) is 55.8 Å². The third-order valence-corrected chi connectivity index (χ3v) is 4.32. The number of hydrogen-bond acceptors (Lipinski definition) is 4. The van der Waals surface area contributed by atoms with Crippen LogP contribution in [0.1, 0.15) is 11.7 Å². The van der Waals surface area contributed by atoms with Gasteiger partial charge in [-0.15, -0.1) is 6.58 Å². The van der Waals surface area contributed by atoms with Gasteiger partial charge < -0.3 is 10.4 Å². The van der Waals surface area contributed by atoms with E-state index in [2.05, 4.69) is 21.7 Å². The van der Waals surface area contributed by atoms with Crippen molar-refractivity contribution in [2.45, 2.75) is 6.10 Å². The number of carbonyl (C=O) groups excluding carboxylic acids is 1. The molecule has 2 N–H and O–H groups in total. The second kappa shape index (κ2) is 9.03. The van der Waals surface area contributed by atoms with Gasteiger partial charge in [0.1, 0.15) is 0 Å². The number of nitrogens with one attached hydrogen (secondary N) is 1. The van der Waals surface area contributed by atoms with Gasteiger partial charge in [0.05, 0.1) is 12.6 Å². The van der Waals surface area contributed by atoms with Crippen molar-refractivity contribution < 1.29 is 9.90 Å². The number of aliphatic hydroxyl groups is 1. The highest BCUT2D eigenvalue weighted by molar-refractivity contribution is 6.31. The lowest BCUT2D eigenvalue weighted by Crippen LogP contribution is -2.50. The fourth-order valence-electron chi connectivity index (χ4n) is 2.66. The van der Waals surface area contributed by atoms with Crippen LogP contribution in [0.5, 0.6) is 0 Å². The molecule has 1 aromatic rings. The van der Waals surface area contributed by atoms with Gasteiger partial charge in [0, 0.05) is 49.9 Å². The molecule has 1 aliphatic rings. The van der Waals surface area contributed by atoms with E-state index in [9.17, 15) is 9.90 Å². The van der Waals surface area contributed by atoms with E-state index < -0.39 is 6.10 Å². The Morgan fingerprint density at radius 1 is 1.30 bits per heavy atom. The van der Waals surface area contributed by atoms with Gasteiger partial charge in [0.25, 0.3) is 0 Å². The lowest BCUT2D eigenvalue weighted by Gasteiger charge is -2.35. The van der Waals surface area contributed by atoms with Gasteiger partial charge in [0.2, 0.25) is 5.91 Å². The Morgan fingerprint density at radius 3 is 2.61 bits per heavy atom. The van der Waals surface area contributed by atoms with E-state index in [1.54, 1.807) is 12.1 Å². The Bertz CT molecular complexity index is 530. The average molecular weight is 338 g/mol. The summed E-state index contributed by atoms with van der Waals surface area (Å²) in [7, 11) is 0. The second-order valence-electron chi connectivity index (χ2n) is 5.71. The summed E-state index contributed by atoms with van der Waals surface area (Å²) in [5.41, 5.74) is 0.764. The highest BCUT2D eigenvalue weighted by Crippen LogP contribution is 2.23. The first-order valence-corrected chi connectivity index (χ1v) is 8.22. The van der Waals surface area contributed by atoms with Crippen LogP contribution in [0.25, 0.3) is 0 Å². The van der Waals surface area contributed by atoms with Crippen LogP contribution in [0.3, 0.4) is 0 Å². The van der Waals surface area contributed by atoms with Crippen molar-refractivity contribution in [1.29, 1.82) is 0 Å². The van der Waals surface area contributed by atoms with E-state index >= 15 is 0 Å². The molecule has 1 aliphatic heterocycles. The summed E-state index contributed by atoms with van der Waals surface area (Å²) in [6.45, 7) is 8.34. The van der Waals surface area contributed by atoms with E-state index in [-0.39, 0.29) is 5.91 Å². The van der Waals surface area contributed by atoms with Gasteiger partial charge >= 0.3 is 0 Å². The van der Waals surface area contributed by atoms with Crippen molar-refractivity contribution in [2.24, 2.45) is 0 Å². The zero-order valence-electron chi connectivity index (χ0n) is 13.2. The third kappa shape index (κ3) is 5.62. The van der Waals surface area contributed by atoms with Crippen molar-refractivity contribution in [3.8, 4) is 0 Å². The smallest absolute Gasteiger partial charge is 0.234 e. The first-order chi connectivity index (χ1) is 11.1. The number of carbonyl (C=O) groups is 1. The molecule has 0 aliphatic carbocycles. The van der Waals surface area contributed by atoms with Crippen LogP contribution in [0, 0.1) is 0 Å². The first-order valence-electron chi connectivity index (χ1n) is 7.85. The number of amides is 1. The Balaban J connectivity index is 1.75. The molecule has 0 spiro atoms. The molecule has 0 aromatic heterocycles. The van der Waals surface area contributed by atoms with Gasteiger partial charge in [-0.2, -0.15) is 0 Å². The predicted molar refractivity (Wildman–Crippen MR) is 92.5 cm³/mol. The maximum atomic E-state index is 11.7. The average Bonchev–Trinajstić information content (AvgIpc) is 2.55. The molecule has 23 heavy (non-hydrogen) atoms. The van der Waals surface area contributed by atoms with Crippen molar-refractivity contribution >= 4 is 17.5 Å². The molecule has 1 fully saturated rings. The first kappa shape index (κ1) is 17.9. The van der Waals surface area contributed by atoms with E-state index in [4.69, 9.17) is 11.6 Å². The third-order valence-electron chi connectivity index (χ3n) is 3.97. The van der Waals surface area contributed by atoms with Gasteiger partial charge in [-0.25, -0.2) is 0 Å². The van der Waals surface area contributed by atoms with E-state index in [0.29, 0.717) is 24.7 Å². The molecular formula is C17H24ClN3O2. The van der Waals surface area contributed by atoms with E-state index in [0.717, 1.165) is 31.7 Å². The number of piperazine rings is 1. The lowest BCUT2D eigenvalue weighted by atomic mass is 10.1. The van der Waals surface area contributed by atoms with Crippen LogP contribution in [-0.2, 0) is 4.79 Å². The molecule has 1 aromatic carbocycles. The number of rotatable bonds is 7. The molecule has 5 nitrogen and oxygen atoms in total. The van der Waals surface area contributed by atoms with E-state index in [1.807, 2.05) is 18.2 Å². The summed E-state index contributed by atoms with van der Waals surface area (Å²) in [4.78, 5) is 16.0. The van der Waals surface area contributed by atoms with Gasteiger partial charge in [-0.05, 0) is 6.07 Å².